The van der Waals surface area contributed by atoms with Gasteiger partial charge in [0.25, 0.3) is 0 Å². The summed E-state index contributed by atoms with van der Waals surface area (Å²) in [4.78, 5) is 0. The van der Waals surface area contributed by atoms with E-state index in [9.17, 15) is 0 Å². The summed E-state index contributed by atoms with van der Waals surface area (Å²) in [6, 6.07) is 0. The van der Waals surface area contributed by atoms with Crippen LogP contribution in [-0.4, -0.2) is 3.42 Å². The van der Waals surface area contributed by atoms with Gasteiger partial charge >= 0.3 is 0 Å². The van der Waals surface area contributed by atoms with E-state index in [-0.39, 0.29) is 0 Å². The zero-order chi connectivity index (χ0) is 6.91. The van der Waals surface area contributed by atoms with Crippen LogP contribution in [0.1, 0.15) is 39.5 Å². The predicted molar refractivity (Wildman–Crippen MR) is 50.1 cm³/mol. The van der Waals surface area contributed by atoms with Gasteiger partial charge in [0.05, 0.1) is 0 Å². The van der Waals surface area contributed by atoms with Crippen LogP contribution in [0.4, 0.5) is 0 Å². The summed E-state index contributed by atoms with van der Waals surface area (Å²) in [6.45, 7) is 4.69. The van der Waals surface area contributed by atoms with Gasteiger partial charge in [-0.05, 0) is 18.8 Å². The van der Waals surface area contributed by atoms with E-state index in [1.54, 1.807) is 0 Å². The third kappa shape index (κ3) is 1.60. The Hall–Kier alpha value is 0.730. The van der Waals surface area contributed by atoms with Crippen molar-refractivity contribution in [2.45, 2.75) is 43.0 Å². The molecular weight excluding hydrogens is 223 g/mol. The normalized spacial score (nSPS) is 25.3. The number of halogens is 1. The lowest BCUT2D eigenvalue weighted by Crippen LogP contribution is -2.22. The van der Waals surface area contributed by atoms with Gasteiger partial charge in [0, 0.05) is 3.42 Å². The molecule has 0 aromatic rings. The average Bonchev–Trinajstić information content (AvgIpc) is 2.16. The van der Waals surface area contributed by atoms with Crippen molar-refractivity contribution < 1.29 is 0 Å². The van der Waals surface area contributed by atoms with E-state index < -0.39 is 0 Å². The molecule has 0 bridgehead atoms. The molecule has 0 aliphatic heterocycles. The Morgan fingerprint density at radius 3 is 1.89 bits per heavy atom. The van der Waals surface area contributed by atoms with Crippen molar-refractivity contribution in [1.82, 2.24) is 0 Å². The van der Waals surface area contributed by atoms with Gasteiger partial charge in [-0.15, -0.1) is 0 Å². The molecule has 9 heavy (non-hydrogen) atoms. The fourth-order valence-electron chi connectivity index (χ4n) is 1.54. The molecule has 0 amide bonds. The Kier molecular flexibility index (Phi) is 2.41. The van der Waals surface area contributed by atoms with Crippen LogP contribution in [0.15, 0.2) is 0 Å². The first kappa shape index (κ1) is 7.83. The molecule has 0 unspecified atom stereocenters. The van der Waals surface area contributed by atoms with Crippen molar-refractivity contribution in [2.24, 2.45) is 5.92 Å². The minimum Gasteiger partial charge on any atom is -0.0786 e. The number of alkyl halides is 1. The molecule has 0 aromatic carbocycles. The van der Waals surface area contributed by atoms with E-state index in [0.29, 0.717) is 3.42 Å². The second-order valence-corrected chi connectivity index (χ2v) is 5.54. The molecule has 54 valence electrons. The molecule has 1 heteroatoms. The smallest absolute Gasteiger partial charge is 0.0245 e. The third-order valence-corrected chi connectivity index (χ3v) is 4.79. The topological polar surface area (TPSA) is 0 Å². The molecule has 1 aliphatic rings. The van der Waals surface area contributed by atoms with Crippen LogP contribution in [0, 0.1) is 5.92 Å². The summed E-state index contributed by atoms with van der Waals surface area (Å²) in [5.41, 5.74) is 0. The predicted octanol–water partition coefficient (Wildman–Crippen LogP) is 3.39. The molecule has 0 aromatic heterocycles. The lowest BCUT2D eigenvalue weighted by Gasteiger charge is -2.25. The first-order chi connectivity index (χ1) is 4.15. The number of hydrogen-bond donors (Lipinski definition) is 0. The molecule has 0 N–H and O–H groups in total. The van der Waals surface area contributed by atoms with Gasteiger partial charge in [0.2, 0.25) is 0 Å². The van der Waals surface area contributed by atoms with Crippen LogP contribution < -0.4 is 0 Å². The standard InChI is InChI=1S/C8H15I/c1-7(2)8(9)5-3-4-6-8/h7H,3-6H2,1-2H3. The highest BCUT2D eigenvalue weighted by Crippen LogP contribution is 2.43. The van der Waals surface area contributed by atoms with Crippen molar-refractivity contribution in [1.29, 1.82) is 0 Å². The molecule has 0 spiro atoms. The molecule has 0 atom stereocenters. The summed E-state index contributed by atoms with van der Waals surface area (Å²) in [7, 11) is 0. The van der Waals surface area contributed by atoms with E-state index in [1.807, 2.05) is 0 Å². The molecule has 0 nitrogen and oxygen atoms in total. The van der Waals surface area contributed by atoms with E-state index in [1.165, 1.54) is 25.7 Å². The summed E-state index contributed by atoms with van der Waals surface area (Å²) >= 11 is 2.66. The van der Waals surface area contributed by atoms with Crippen molar-refractivity contribution in [3.05, 3.63) is 0 Å². The SMILES string of the molecule is CC(C)C1(I)CCCC1. The van der Waals surface area contributed by atoms with Crippen LogP contribution in [0.2, 0.25) is 0 Å². The van der Waals surface area contributed by atoms with E-state index >= 15 is 0 Å². The molecule has 0 radical (unpaired) electrons. The van der Waals surface area contributed by atoms with E-state index in [2.05, 4.69) is 36.4 Å². The molecule has 1 rings (SSSR count). The minimum absolute atomic E-state index is 0.664. The summed E-state index contributed by atoms with van der Waals surface area (Å²) in [6.07, 6.45) is 5.82. The quantitative estimate of drug-likeness (QED) is 0.485. The van der Waals surface area contributed by atoms with Gasteiger partial charge in [-0.25, -0.2) is 0 Å². The van der Waals surface area contributed by atoms with Crippen molar-refractivity contribution >= 4 is 22.6 Å². The molecule has 1 saturated carbocycles. The average molecular weight is 238 g/mol. The summed E-state index contributed by atoms with van der Waals surface area (Å²) < 4.78 is 0.664. The lowest BCUT2D eigenvalue weighted by atomic mass is 9.95. The maximum atomic E-state index is 2.66. The maximum absolute atomic E-state index is 2.66. The van der Waals surface area contributed by atoms with Crippen LogP contribution in [-0.2, 0) is 0 Å². The first-order valence-electron chi connectivity index (χ1n) is 3.84. The Labute approximate surface area is 71.5 Å². The number of hydrogen-bond acceptors (Lipinski definition) is 0. The second-order valence-electron chi connectivity index (χ2n) is 3.40. The second kappa shape index (κ2) is 2.77. The molecule has 0 heterocycles. The molecule has 0 saturated heterocycles. The molecular formula is C8H15I. The summed E-state index contributed by atoms with van der Waals surface area (Å²) in [5.74, 6) is 0.876. The van der Waals surface area contributed by atoms with E-state index in [0.717, 1.165) is 5.92 Å². The van der Waals surface area contributed by atoms with Crippen molar-refractivity contribution in [2.75, 3.05) is 0 Å². The zero-order valence-corrected chi connectivity index (χ0v) is 8.44. The monoisotopic (exact) mass is 238 g/mol. The van der Waals surface area contributed by atoms with Crippen molar-refractivity contribution in [3.8, 4) is 0 Å². The van der Waals surface area contributed by atoms with E-state index in [4.69, 9.17) is 0 Å². The highest BCUT2D eigenvalue weighted by Gasteiger charge is 2.33. The zero-order valence-electron chi connectivity index (χ0n) is 6.28. The van der Waals surface area contributed by atoms with Crippen LogP contribution in [0.5, 0.6) is 0 Å². The van der Waals surface area contributed by atoms with Gasteiger partial charge in [-0.3, -0.25) is 0 Å². The first-order valence-corrected chi connectivity index (χ1v) is 4.92. The number of rotatable bonds is 1. The highest BCUT2D eigenvalue weighted by molar-refractivity contribution is 14.1. The van der Waals surface area contributed by atoms with Crippen LogP contribution >= 0.6 is 22.6 Å². The van der Waals surface area contributed by atoms with Gasteiger partial charge in [0.1, 0.15) is 0 Å². The lowest BCUT2D eigenvalue weighted by molar-refractivity contribution is 0.469. The fraction of sp³-hybridized carbons (Fsp3) is 1.00. The highest BCUT2D eigenvalue weighted by atomic mass is 127. The Morgan fingerprint density at radius 2 is 1.67 bits per heavy atom. The van der Waals surface area contributed by atoms with Gasteiger partial charge in [0.15, 0.2) is 0 Å². The van der Waals surface area contributed by atoms with Gasteiger partial charge < -0.3 is 0 Å². The largest absolute Gasteiger partial charge is 0.0786 e. The fourth-order valence-corrected chi connectivity index (χ4v) is 2.30. The van der Waals surface area contributed by atoms with Crippen molar-refractivity contribution in [3.63, 3.8) is 0 Å². The minimum atomic E-state index is 0.664. The maximum Gasteiger partial charge on any atom is 0.0245 e. The third-order valence-electron chi connectivity index (χ3n) is 2.47. The van der Waals surface area contributed by atoms with Crippen LogP contribution in [0.3, 0.4) is 0 Å². The molecule has 1 fully saturated rings. The van der Waals surface area contributed by atoms with Gasteiger partial charge in [-0.2, -0.15) is 0 Å². The Morgan fingerprint density at radius 1 is 1.22 bits per heavy atom. The molecule has 1 aliphatic carbocycles. The summed E-state index contributed by atoms with van der Waals surface area (Å²) in [5, 5.41) is 0. The van der Waals surface area contributed by atoms with Crippen LogP contribution in [0.25, 0.3) is 0 Å². The Bertz CT molecular complexity index is 90.7. The Balaban J connectivity index is 2.51. The van der Waals surface area contributed by atoms with Gasteiger partial charge in [-0.1, -0.05) is 49.3 Å².